The molecule has 9 aromatic heterocycles. The van der Waals surface area contributed by atoms with Crippen LogP contribution in [0.5, 0.6) is 0 Å². The lowest BCUT2D eigenvalue weighted by molar-refractivity contribution is 1.01. The molecule has 536 valence electrons. The van der Waals surface area contributed by atoms with Crippen molar-refractivity contribution in [3.05, 3.63) is 422 Å². The van der Waals surface area contributed by atoms with E-state index >= 15 is 0 Å². The van der Waals surface area contributed by atoms with Crippen LogP contribution in [0.25, 0.3) is 104 Å². The largest absolute Gasteiger partial charge is 0.344 e. The van der Waals surface area contributed by atoms with E-state index in [0.717, 1.165) is 17.2 Å². The lowest BCUT2D eigenvalue weighted by Crippen LogP contribution is -1.92. The molecule has 0 N–H and O–H groups in total. The minimum Gasteiger partial charge on any atom is -0.344 e. The molecule has 0 aliphatic carbocycles. The zero-order chi connectivity index (χ0) is 75.7. The third kappa shape index (κ3) is 19.0. The number of aryl methyl sites for hydroxylation is 9. The topological polar surface area (TPSA) is 110 Å². The van der Waals surface area contributed by atoms with Crippen LogP contribution in [0.1, 0.15) is 45.0 Å². The summed E-state index contributed by atoms with van der Waals surface area (Å²) in [6.45, 7) is 16.3. The van der Waals surface area contributed by atoms with Crippen LogP contribution in [-0.2, 0) is 7.05 Å². The SMILES string of the molecule is Cc1ccc2c(c1)c1ccccc1n2-c1ccccc1.Cc1ccc2c3ccccc3n(-c3ccccc3)c2c1.Cc1cccc2c1c1ccccc1n2-c1ccccc1.Cc1ccccn1.Cc1cccnc1.Cc1ccncc1.Cc1cnccn1.Cc1ncccn1.Cn1c2ccccc2c2ccccc21. The summed E-state index contributed by atoms with van der Waals surface area (Å²) in [7, 11) is 2.12. The second kappa shape index (κ2) is 37.3. The molecule has 11 nitrogen and oxygen atoms in total. The number of pyridine rings is 3. The molecule has 0 aliphatic heterocycles. The Labute approximate surface area is 638 Å². The van der Waals surface area contributed by atoms with Crippen LogP contribution in [0.2, 0.25) is 0 Å². The van der Waals surface area contributed by atoms with Gasteiger partial charge in [-0.15, -0.1) is 0 Å². The molecule has 0 atom stereocenters. The van der Waals surface area contributed by atoms with E-state index in [-0.39, 0.29) is 0 Å². The lowest BCUT2D eigenvalue weighted by atomic mass is 10.1. The summed E-state index contributed by atoms with van der Waals surface area (Å²) in [4.78, 5) is 27.2. The average molecular weight is 1420 g/mol. The summed E-state index contributed by atoms with van der Waals surface area (Å²) in [6, 6.07) is 110. The van der Waals surface area contributed by atoms with Crippen molar-refractivity contribution in [2.24, 2.45) is 7.05 Å². The van der Waals surface area contributed by atoms with Gasteiger partial charge in [0, 0.05) is 146 Å². The van der Waals surface area contributed by atoms with Crippen molar-refractivity contribution >= 4 is 87.2 Å². The van der Waals surface area contributed by atoms with Crippen molar-refractivity contribution in [1.82, 2.24) is 53.2 Å². The molecule has 0 aliphatic rings. The molecular formula is C98H89N11. The zero-order valence-corrected chi connectivity index (χ0v) is 63.2. The van der Waals surface area contributed by atoms with E-state index < -0.39 is 0 Å². The van der Waals surface area contributed by atoms with Crippen LogP contribution in [0.4, 0.5) is 0 Å². The van der Waals surface area contributed by atoms with Gasteiger partial charge in [0.25, 0.3) is 0 Å². The number of hydrogen-bond donors (Lipinski definition) is 0. The Balaban J connectivity index is 0.000000119. The number of aromatic nitrogens is 11. The Morgan fingerprint density at radius 1 is 0.220 bits per heavy atom. The first-order valence-corrected chi connectivity index (χ1v) is 36.5. The monoisotopic (exact) mass is 1420 g/mol. The predicted molar refractivity (Wildman–Crippen MR) is 457 cm³/mol. The van der Waals surface area contributed by atoms with Gasteiger partial charge in [-0.2, -0.15) is 0 Å². The molecule has 20 rings (SSSR count). The summed E-state index contributed by atoms with van der Waals surface area (Å²) >= 11 is 0. The maximum atomic E-state index is 3.98. The fourth-order valence-corrected chi connectivity index (χ4v) is 13.1. The number of fused-ring (bicyclic) bond motifs is 12. The van der Waals surface area contributed by atoms with Gasteiger partial charge in [0.15, 0.2) is 0 Å². The quantitative estimate of drug-likeness (QED) is 0.173. The Hall–Kier alpha value is -13.8. The average Bonchev–Trinajstić information content (AvgIpc) is 1.61. The van der Waals surface area contributed by atoms with Crippen molar-refractivity contribution in [1.29, 1.82) is 0 Å². The maximum Gasteiger partial charge on any atom is 0.125 e. The fraction of sp³-hybridized carbons (Fsp3) is 0.0918. The van der Waals surface area contributed by atoms with Gasteiger partial charge >= 0.3 is 0 Å². The van der Waals surface area contributed by atoms with Crippen LogP contribution in [-0.4, -0.2) is 53.2 Å². The highest BCUT2D eigenvalue weighted by Crippen LogP contribution is 2.36. The summed E-state index contributed by atoms with van der Waals surface area (Å²) in [5.74, 6) is 0.822. The minimum atomic E-state index is 0.822. The van der Waals surface area contributed by atoms with Crippen molar-refractivity contribution in [2.45, 2.75) is 55.4 Å². The van der Waals surface area contributed by atoms with Gasteiger partial charge in [0.1, 0.15) is 5.82 Å². The summed E-state index contributed by atoms with van der Waals surface area (Å²) < 4.78 is 9.27. The predicted octanol–water partition coefficient (Wildman–Crippen LogP) is 24.3. The van der Waals surface area contributed by atoms with E-state index in [1.807, 2.05) is 83.3 Å². The number of rotatable bonds is 3. The normalized spacial score (nSPS) is 10.4. The standard InChI is InChI=1S/3C19H15N.C13H11N.3C6H7N.2C5H6N2/c1-14-8-7-13-18-19(14)16-11-5-6-12-17(16)20(18)15-9-3-2-4-10-15;1-14-11-12-19-17(13-14)16-9-5-6-10-18(16)20(19)15-7-3-2-4-8-15;1-14-11-12-17-16-9-5-6-10-18(16)20(19(17)13-14)15-7-3-2-4-8-15;1-14-12-8-4-2-6-10(12)11-7-3-5-9-13(11)14;1-6-2-4-7-5-3-6;1-6-3-2-4-7-5-6;1-6-4-2-3-5-7-6;1-5-4-6-2-3-7-5;1-5-6-3-2-4-7-5/h3*2-13H,1H3;2-9H,1H3;3*2-5H,1H3;2*2-4H,1H3. The molecule has 0 bridgehead atoms. The molecule has 0 unspecified atom stereocenters. The second-order valence-electron chi connectivity index (χ2n) is 26.3. The molecule has 0 saturated carbocycles. The molecule has 9 heterocycles. The third-order valence-corrected chi connectivity index (χ3v) is 18.3. The molecule has 11 heteroatoms. The summed E-state index contributed by atoms with van der Waals surface area (Å²) in [5.41, 5.74) is 22.3. The first-order valence-electron chi connectivity index (χ1n) is 36.5. The molecule has 0 saturated heterocycles. The first-order chi connectivity index (χ1) is 53.4. The van der Waals surface area contributed by atoms with Gasteiger partial charge in [-0.1, -0.05) is 194 Å². The third-order valence-electron chi connectivity index (χ3n) is 18.3. The van der Waals surface area contributed by atoms with Gasteiger partial charge in [-0.3, -0.25) is 24.9 Å². The Morgan fingerprint density at radius 3 is 1.10 bits per heavy atom. The molecule has 0 spiro atoms. The molecule has 109 heavy (non-hydrogen) atoms. The maximum absolute atomic E-state index is 3.98. The molecule has 0 amide bonds. The number of para-hydroxylation sites is 8. The van der Waals surface area contributed by atoms with E-state index in [2.05, 4.69) is 348 Å². The molecule has 0 radical (unpaired) electrons. The Morgan fingerprint density at radius 2 is 0.651 bits per heavy atom. The number of benzene rings is 11. The van der Waals surface area contributed by atoms with Crippen LogP contribution in [0.15, 0.2) is 377 Å². The van der Waals surface area contributed by atoms with Crippen LogP contribution < -0.4 is 0 Å². The summed E-state index contributed by atoms with van der Waals surface area (Å²) in [5, 5.41) is 10.6. The van der Waals surface area contributed by atoms with Crippen LogP contribution in [0.3, 0.4) is 0 Å². The van der Waals surface area contributed by atoms with Crippen LogP contribution in [0, 0.1) is 55.4 Å². The minimum absolute atomic E-state index is 0.822. The molecule has 20 aromatic rings. The molecular weight excluding hydrogens is 1330 g/mol. The van der Waals surface area contributed by atoms with Crippen molar-refractivity contribution in [3.8, 4) is 17.1 Å². The highest BCUT2D eigenvalue weighted by molar-refractivity contribution is 6.12. The zero-order valence-electron chi connectivity index (χ0n) is 63.2. The number of nitrogens with zero attached hydrogens (tertiary/aromatic N) is 11. The van der Waals surface area contributed by atoms with Gasteiger partial charge in [0.2, 0.25) is 0 Å². The van der Waals surface area contributed by atoms with Gasteiger partial charge in [0.05, 0.1) is 38.8 Å². The van der Waals surface area contributed by atoms with Gasteiger partial charge < -0.3 is 18.3 Å². The highest BCUT2D eigenvalue weighted by atomic mass is 15.0. The number of hydrogen-bond acceptors (Lipinski definition) is 7. The Kier molecular flexibility index (Phi) is 25.6. The van der Waals surface area contributed by atoms with Crippen molar-refractivity contribution in [3.63, 3.8) is 0 Å². The van der Waals surface area contributed by atoms with E-state index in [1.165, 1.54) is 132 Å². The van der Waals surface area contributed by atoms with Crippen molar-refractivity contribution in [2.75, 3.05) is 0 Å². The van der Waals surface area contributed by atoms with E-state index in [1.54, 1.807) is 61.8 Å². The fourth-order valence-electron chi connectivity index (χ4n) is 13.1. The lowest BCUT2D eigenvalue weighted by Gasteiger charge is -2.07. The van der Waals surface area contributed by atoms with E-state index in [4.69, 9.17) is 0 Å². The smallest absolute Gasteiger partial charge is 0.125 e. The Bertz CT molecular complexity index is 5870. The van der Waals surface area contributed by atoms with Gasteiger partial charge in [-0.25, -0.2) is 9.97 Å². The highest BCUT2D eigenvalue weighted by Gasteiger charge is 2.15. The summed E-state index contributed by atoms with van der Waals surface area (Å²) in [6.07, 6.45) is 17.5. The molecule has 11 aromatic carbocycles. The van der Waals surface area contributed by atoms with Crippen LogP contribution >= 0.6 is 0 Å². The van der Waals surface area contributed by atoms with E-state index in [0.29, 0.717) is 0 Å². The first kappa shape index (κ1) is 74.9. The van der Waals surface area contributed by atoms with Gasteiger partial charge in [-0.05, 0) is 205 Å². The second-order valence-corrected chi connectivity index (χ2v) is 26.3. The van der Waals surface area contributed by atoms with E-state index in [9.17, 15) is 0 Å². The van der Waals surface area contributed by atoms with Crippen molar-refractivity contribution < 1.29 is 0 Å². The molecule has 0 fully saturated rings.